The van der Waals surface area contributed by atoms with Crippen LogP contribution in [0.3, 0.4) is 0 Å². The molecule has 0 unspecified atom stereocenters. The Hall–Kier alpha value is -1.69. The van der Waals surface area contributed by atoms with E-state index < -0.39 is 10.0 Å². The Morgan fingerprint density at radius 2 is 2.14 bits per heavy atom. The van der Waals surface area contributed by atoms with E-state index in [9.17, 15) is 13.2 Å². The fraction of sp³-hybridized carbons (Fsp3) is 0.100. The molecule has 0 aliphatic heterocycles. The number of amides is 1. The molecule has 0 saturated heterocycles. The molecule has 1 aromatic carbocycles. The average molecular weight is 345 g/mol. The summed E-state index contributed by atoms with van der Waals surface area (Å²) in [7, 11) is -3.80. The molecular formula is C10H11N5O3S3. The minimum Gasteiger partial charge on any atom is -0.374 e. The molecule has 2 aromatic rings. The molecule has 0 aliphatic carbocycles. The summed E-state index contributed by atoms with van der Waals surface area (Å²) in [6.07, 6.45) is 0. The van der Waals surface area contributed by atoms with E-state index in [4.69, 9.17) is 10.9 Å². The zero-order valence-electron chi connectivity index (χ0n) is 10.5. The summed E-state index contributed by atoms with van der Waals surface area (Å²) in [6.45, 7) is 0. The van der Waals surface area contributed by atoms with E-state index in [0.717, 1.165) is 0 Å². The third-order valence-electron chi connectivity index (χ3n) is 2.20. The summed E-state index contributed by atoms with van der Waals surface area (Å²) in [5, 5.41) is 15.3. The van der Waals surface area contributed by atoms with E-state index in [1.165, 1.54) is 41.3 Å². The van der Waals surface area contributed by atoms with Crippen LogP contribution >= 0.6 is 23.1 Å². The lowest BCUT2D eigenvalue weighted by Crippen LogP contribution is -2.16. The topological polar surface area (TPSA) is 141 Å². The van der Waals surface area contributed by atoms with Crippen molar-refractivity contribution in [2.45, 2.75) is 9.24 Å². The predicted octanol–water partition coefficient (Wildman–Crippen LogP) is 0.499. The summed E-state index contributed by atoms with van der Waals surface area (Å²) < 4.78 is 23.0. The average Bonchev–Trinajstić information content (AvgIpc) is 2.82. The van der Waals surface area contributed by atoms with Gasteiger partial charge in [0, 0.05) is 5.69 Å². The lowest BCUT2D eigenvalue weighted by Gasteiger charge is -2.05. The fourth-order valence-electron chi connectivity index (χ4n) is 1.35. The number of thioether (sulfide) groups is 1. The zero-order valence-corrected chi connectivity index (χ0v) is 13.0. The van der Waals surface area contributed by atoms with Gasteiger partial charge in [0.25, 0.3) is 0 Å². The van der Waals surface area contributed by atoms with Gasteiger partial charge in [-0.15, -0.1) is 10.2 Å². The molecule has 21 heavy (non-hydrogen) atoms. The fourth-order valence-corrected chi connectivity index (χ4v) is 3.35. The van der Waals surface area contributed by atoms with E-state index in [-0.39, 0.29) is 16.6 Å². The first kappa shape index (κ1) is 15.7. The maximum atomic E-state index is 11.8. The smallest absolute Gasteiger partial charge is 0.238 e. The molecule has 0 radical (unpaired) electrons. The van der Waals surface area contributed by atoms with Gasteiger partial charge in [-0.05, 0) is 18.2 Å². The van der Waals surface area contributed by atoms with Crippen LogP contribution in [0.5, 0.6) is 0 Å². The van der Waals surface area contributed by atoms with Crippen molar-refractivity contribution in [2.75, 3.05) is 16.8 Å². The van der Waals surface area contributed by atoms with Gasteiger partial charge < -0.3 is 11.1 Å². The maximum absolute atomic E-state index is 11.8. The molecule has 0 saturated carbocycles. The molecule has 5 N–H and O–H groups in total. The van der Waals surface area contributed by atoms with E-state index in [1.807, 2.05) is 0 Å². The molecule has 0 atom stereocenters. The molecule has 0 aliphatic rings. The number of carbonyl (C=O) groups is 1. The Bertz CT molecular complexity index is 759. The highest BCUT2D eigenvalue weighted by Gasteiger charge is 2.10. The molecule has 1 amide bonds. The first-order chi connectivity index (χ1) is 9.84. The third-order valence-corrected chi connectivity index (χ3v) is 4.99. The first-order valence-corrected chi connectivity index (χ1v) is 8.84. The summed E-state index contributed by atoms with van der Waals surface area (Å²) in [4.78, 5) is 11.7. The van der Waals surface area contributed by atoms with Crippen molar-refractivity contribution in [2.24, 2.45) is 5.14 Å². The van der Waals surface area contributed by atoms with Crippen LogP contribution in [-0.4, -0.2) is 30.3 Å². The molecular weight excluding hydrogens is 334 g/mol. The number of anilines is 2. The first-order valence-electron chi connectivity index (χ1n) is 5.49. The van der Waals surface area contributed by atoms with Crippen LogP contribution in [0, 0.1) is 0 Å². The summed E-state index contributed by atoms with van der Waals surface area (Å²) in [5.41, 5.74) is 5.78. The van der Waals surface area contributed by atoms with Crippen LogP contribution in [-0.2, 0) is 14.8 Å². The summed E-state index contributed by atoms with van der Waals surface area (Å²) in [6, 6.07) is 5.71. The minimum absolute atomic E-state index is 0.0650. The third kappa shape index (κ3) is 4.67. The second-order valence-electron chi connectivity index (χ2n) is 3.82. The number of primary sulfonamides is 1. The van der Waals surface area contributed by atoms with Crippen molar-refractivity contribution in [3.05, 3.63) is 24.3 Å². The molecule has 2 rings (SSSR count). The number of hydrogen-bond acceptors (Lipinski definition) is 8. The number of rotatable bonds is 5. The van der Waals surface area contributed by atoms with Crippen LogP contribution in [0.15, 0.2) is 33.5 Å². The van der Waals surface area contributed by atoms with Crippen LogP contribution in [0.2, 0.25) is 0 Å². The number of nitrogen functional groups attached to an aromatic ring is 1. The van der Waals surface area contributed by atoms with Crippen LogP contribution < -0.4 is 16.2 Å². The highest BCUT2D eigenvalue weighted by Crippen LogP contribution is 2.23. The Morgan fingerprint density at radius 1 is 1.38 bits per heavy atom. The van der Waals surface area contributed by atoms with E-state index in [2.05, 4.69) is 15.5 Å². The number of benzene rings is 1. The van der Waals surface area contributed by atoms with Crippen LogP contribution in [0.4, 0.5) is 10.8 Å². The number of nitrogens with two attached hydrogens (primary N) is 2. The monoisotopic (exact) mass is 345 g/mol. The second kappa shape index (κ2) is 6.39. The number of hydrogen-bond donors (Lipinski definition) is 3. The van der Waals surface area contributed by atoms with Crippen molar-refractivity contribution in [1.82, 2.24) is 10.2 Å². The quantitative estimate of drug-likeness (QED) is 0.670. The van der Waals surface area contributed by atoms with E-state index >= 15 is 0 Å². The van der Waals surface area contributed by atoms with Gasteiger partial charge in [-0.2, -0.15) is 0 Å². The highest BCUT2D eigenvalue weighted by atomic mass is 32.2. The second-order valence-corrected chi connectivity index (χ2v) is 7.61. The highest BCUT2D eigenvalue weighted by molar-refractivity contribution is 8.01. The zero-order chi connectivity index (χ0) is 15.5. The predicted molar refractivity (Wildman–Crippen MR) is 81.5 cm³/mol. The largest absolute Gasteiger partial charge is 0.374 e. The standard InChI is InChI=1S/C10H11N5O3S3/c11-9-14-15-10(20-9)19-5-8(16)13-6-2-1-3-7(4-6)21(12,17)18/h1-4H,5H2,(H2,11,14)(H,13,16)(H2,12,17,18). The van der Waals surface area contributed by atoms with Crippen LogP contribution in [0.25, 0.3) is 0 Å². The Kier molecular flexibility index (Phi) is 4.77. The van der Waals surface area contributed by atoms with Crippen molar-refractivity contribution in [3.63, 3.8) is 0 Å². The molecule has 8 nitrogen and oxygen atoms in total. The number of carbonyl (C=O) groups excluding carboxylic acids is 1. The maximum Gasteiger partial charge on any atom is 0.238 e. The lowest BCUT2D eigenvalue weighted by molar-refractivity contribution is -0.113. The molecule has 1 aromatic heterocycles. The summed E-state index contributed by atoms with van der Waals surface area (Å²) >= 11 is 2.37. The van der Waals surface area contributed by atoms with Crippen LogP contribution in [0.1, 0.15) is 0 Å². The number of nitrogens with one attached hydrogen (secondary N) is 1. The SMILES string of the molecule is Nc1nnc(SCC(=O)Nc2cccc(S(N)(=O)=O)c2)s1. The molecule has 1 heterocycles. The van der Waals surface area contributed by atoms with Gasteiger partial charge in [0.05, 0.1) is 10.6 Å². The number of nitrogens with zero attached hydrogens (tertiary/aromatic N) is 2. The molecule has 11 heteroatoms. The van der Waals surface area contributed by atoms with Crippen molar-refractivity contribution in [1.29, 1.82) is 0 Å². The number of aromatic nitrogens is 2. The van der Waals surface area contributed by atoms with Crippen molar-refractivity contribution >= 4 is 49.8 Å². The molecule has 0 fully saturated rings. The van der Waals surface area contributed by atoms with Crippen molar-refractivity contribution in [3.8, 4) is 0 Å². The lowest BCUT2D eigenvalue weighted by atomic mass is 10.3. The van der Waals surface area contributed by atoms with E-state index in [1.54, 1.807) is 6.07 Å². The number of sulfonamides is 1. The molecule has 0 bridgehead atoms. The Balaban J connectivity index is 1.96. The molecule has 112 valence electrons. The Labute approximate surface area is 129 Å². The van der Waals surface area contributed by atoms with Gasteiger partial charge in [-0.3, -0.25) is 4.79 Å². The van der Waals surface area contributed by atoms with Gasteiger partial charge in [0.1, 0.15) is 0 Å². The normalized spacial score (nSPS) is 11.3. The van der Waals surface area contributed by atoms with Gasteiger partial charge >= 0.3 is 0 Å². The Morgan fingerprint density at radius 3 is 2.76 bits per heavy atom. The van der Waals surface area contributed by atoms with Crippen molar-refractivity contribution < 1.29 is 13.2 Å². The van der Waals surface area contributed by atoms with Gasteiger partial charge in [-0.25, -0.2) is 13.6 Å². The van der Waals surface area contributed by atoms with Gasteiger partial charge in [0.15, 0.2) is 4.34 Å². The van der Waals surface area contributed by atoms with Gasteiger partial charge in [0.2, 0.25) is 21.1 Å². The molecule has 0 spiro atoms. The minimum atomic E-state index is -3.80. The van der Waals surface area contributed by atoms with Gasteiger partial charge in [-0.1, -0.05) is 29.2 Å². The van der Waals surface area contributed by atoms with E-state index in [0.29, 0.717) is 15.2 Å². The summed E-state index contributed by atoms with van der Waals surface area (Å²) in [5.74, 6) is -0.200.